The van der Waals surface area contributed by atoms with Crippen molar-refractivity contribution >= 4 is 17.8 Å². The van der Waals surface area contributed by atoms with E-state index in [2.05, 4.69) is 10.6 Å². The van der Waals surface area contributed by atoms with E-state index in [1.807, 2.05) is 0 Å². The first-order chi connectivity index (χ1) is 7.49. The third kappa shape index (κ3) is 3.82. The molecule has 0 aliphatic carbocycles. The molecule has 1 unspecified atom stereocenters. The van der Waals surface area contributed by atoms with Gasteiger partial charge in [-0.15, -0.1) is 0 Å². The number of carboxylic acid groups (broad SMARTS) is 1. The fraction of sp³-hybridized carbons (Fsp3) is 0.500. The van der Waals surface area contributed by atoms with Gasteiger partial charge < -0.3 is 10.4 Å². The molecule has 0 aromatic heterocycles. The summed E-state index contributed by atoms with van der Waals surface area (Å²) in [6, 6.07) is -0.421. The molecule has 0 bridgehead atoms. The van der Waals surface area contributed by atoms with Crippen molar-refractivity contribution in [3.63, 3.8) is 0 Å². The van der Waals surface area contributed by atoms with Crippen LogP contribution in [-0.2, 0) is 14.4 Å². The smallest absolute Gasteiger partial charge is 0.328 e. The van der Waals surface area contributed by atoms with Crippen LogP contribution in [0.15, 0.2) is 11.6 Å². The molecule has 1 aliphatic heterocycles. The molecule has 0 aromatic rings. The highest BCUT2D eigenvalue weighted by atomic mass is 16.4. The summed E-state index contributed by atoms with van der Waals surface area (Å²) >= 11 is 0. The summed E-state index contributed by atoms with van der Waals surface area (Å²) < 4.78 is 0. The normalized spacial score (nSPS) is 21.8. The molecule has 3 N–H and O–H groups in total. The summed E-state index contributed by atoms with van der Waals surface area (Å²) in [7, 11) is 0. The van der Waals surface area contributed by atoms with E-state index < -0.39 is 12.0 Å². The second-order valence-electron chi connectivity index (χ2n) is 3.71. The highest BCUT2D eigenvalue weighted by Crippen LogP contribution is 2.04. The van der Waals surface area contributed by atoms with Crippen LogP contribution in [0.1, 0.15) is 19.8 Å². The first-order valence-electron chi connectivity index (χ1n) is 4.96. The molecule has 0 aromatic carbocycles. The Kier molecular flexibility index (Phi) is 4.19. The molecule has 1 atom stereocenters. The number of carboxylic acids is 1. The summed E-state index contributed by atoms with van der Waals surface area (Å²) in [6.07, 6.45) is 1.84. The maximum absolute atomic E-state index is 11.3. The second kappa shape index (κ2) is 5.41. The summed E-state index contributed by atoms with van der Waals surface area (Å²) in [4.78, 5) is 32.5. The number of carbonyl (C=O) groups excluding carboxylic acids is 2. The largest absolute Gasteiger partial charge is 0.478 e. The molecule has 16 heavy (non-hydrogen) atoms. The average Bonchev–Trinajstić information content (AvgIpc) is 2.15. The van der Waals surface area contributed by atoms with Crippen molar-refractivity contribution in [2.45, 2.75) is 25.8 Å². The van der Waals surface area contributed by atoms with Crippen molar-refractivity contribution in [3.8, 4) is 0 Å². The minimum Gasteiger partial charge on any atom is -0.478 e. The van der Waals surface area contributed by atoms with E-state index in [1.165, 1.54) is 0 Å². The Bertz CT molecular complexity index is 349. The fourth-order valence-corrected chi connectivity index (χ4v) is 1.43. The van der Waals surface area contributed by atoms with Gasteiger partial charge in [-0.05, 0) is 13.3 Å². The number of aliphatic carboxylic acids is 1. The molecule has 1 saturated heterocycles. The number of carbonyl (C=O) groups is 3. The molecule has 2 amide bonds. The number of hydrogen-bond acceptors (Lipinski definition) is 4. The Morgan fingerprint density at radius 1 is 1.62 bits per heavy atom. The highest BCUT2D eigenvalue weighted by Gasteiger charge is 2.25. The predicted octanol–water partition coefficient (Wildman–Crippen LogP) is -0.588. The minimum absolute atomic E-state index is 0.263. The highest BCUT2D eigenvalue weighted by molar-refractivity contribution is 6.00. The zero-order chi connectivity index (χ0) is 12.1. The van der Waals surface area contributed by atoms with Gasteiger partial charge in [0.1, 0.15) is 0 Å². The van der Waals surface area contributed by atoms with E-state index in [0.29, 0.717) is 25.0 Å². The summed E-state index contributed by atoms with van der Waals surface area (Å²) in [5, 5.41) is 13.6. The molecular formula is C10H14N2O4. The molecule has 1 aliphatic rings. The average molecular weight is 226 g/mol. The van der Waals surface area contributed by atoms with Crippen molar-refractivity contribution in [2.24, 2.45) is 0 Å². The van der Waals surface area contributed by atoms with Crippen LogP contribution in [0, 0.1) is 0 Å². The Balaban J connectivity index is 2.41. The van der Waals surface area contributed by atoms with Crippen molar-refractivity contribution in [3.05, 3.63) is 11.6 Å². The van der Waals surface area contributed by atoms with Crippen LogP contribution in [0.3, 0.4) is 0 Å². The number of rotatable bonds is 4. The lowest BCUT2D eigenvalue weighted by Gasteiger charge is -2.21. The standard InChI is InChI=1S/C10H14N2O4/c1-6(4-9(14)15)5-11-7-2-3-8(13)12-10(7)16/h4,7,11H,2-3,5H2,1H3,(H,14,15)(H,12,13,16). The molecular weight excluding hydrogens is 212 g/mol. The Labute approximate surface area is 92.7 Å². The van der Waals surface area contributed by atoms with Gasteiger partial charge in [0.05, 0.1) is 6.04 Å². The third-order valence-corrected chi connectivity index (χ3v) is 2.24. The molecule has 1 heterocycles. The van der Waals surface area contributed by atoms with Gasteiger partial charge in [0.25, 0.3) is 0 Å². The van der Waals surface area contributed by atoms with Crippen molar-refractivity contribution in [1.82, 2.24) is 10.6 Å². The molecule has 88 valence electrons. The molecule has 1 fully saturated rings. The molecule has 6 nitrogen and oxygen atoms in total. The van der Waals surface area contributed by atoms with E-state index in [1.54, 1.807) is 6.92 Å². The van der Waals surface area contributed by atoms with Gasteiger partial charge in [-0.25, -0.2) is 4.79 Å². The van der Waals surface area contributed by atoms with Crippen LogP contribution < -0.4 is 10.6 Å². The minimum atomic E-state index is -1.01. The Morgan fingerprint density at radius 2 is 2.31 bits per heavy atom. The van der Waals surface area contributed by atoms with E-state index in [-0.39, 0.29) is 11.8 Å². The lowest BCUT2D eigenvalue weighted by Crippen LogP contribution is -2.50. The fourth-order valence-electron chi connectivity index (χ4n) is 1.43. The van der Waals surface area contributed by atoms with Gasteiger partial charge in [0.15, 0.2) is 0 Å². The van der Waals surface area contributed by atoms with Gasteiger partial charge in [0.2, 0.25) is 11.8 Å². The van der Waals surface area contributed by atoms with Crippen LogP contribution in [-0.4, -0.2) is 35.5 Å². The molecule has 1 rings (SSSR count). The van der Waals surface area contributed by atoms with Crippen molar-refractivity contribution in [2.75, 3.05) is 6.54 Å². The maximum Gasteiger partial charge on any atom is 0.328 e. The lowest BCUT2D eigenvalue weighted by atomic mass is 10.1. The van der Waals surface area contributed by atoms with Crippen LogP contribution in [0.2, 0.25) is 0 Å². The number of amides is 2. The number of nitrogens with one attached hydrogen (secondary N) is 2. The summed E-state index contributed by atoms with van der Waals surface area (Å²) in [5.74, 6) is -1.62. The van der Waals surface area contributed by atoms with Crippen molar-refractivity contribution in [1.29, 1.82) is 0 Å². The number of hydrogen-bond donors (Lipinski definition) is 3. The first-order valence-corrected chi connectivity index (χ1v) is 4.96. The predicted molar refractivity (Wildman–Crippen MR) is 55.6 cm³/mol. The van der Waals surface area contributed by atoms with E-state index >= 15 is 0 Å². The van der Waals surface area contributed by atoms with Gasteiger partial charge in [-0.3, -0.25) is 14.9 Å². The number of piperidine rings is 1. The first kappa shape index (κ1) is 12.4. The zero-order valence-corrected chi connectivity index (χ0v) is 8.95. The van der Waals surface area contributed by atoms with Crippen LogP contribution in [0.4, 0.5) is 0 Å². The third-order valence-electron chi connectivity index (χ3n) is 2.24. The van der Waals surface area contributed by atoms with Crippen molar-refractivity contribution < 1.29 is 19.5 Å². The summed E-state index contributed by atoms with van der Waals surface area (Å²) in [6.45, 7) is 1.98. The van der Waals surface area contributed by atoms with E-state index in [9.17, 15) is 14.4 Å². The molecule has 0 radical (unpaired) electrons. The van der Waals surface area contributed by atoms with Crippen LogP contribution in [0.5, 0.6) is 0 Å². The SMILES string of the molecule is CC(=CC(=O)O)CNC1CCC(=O)NC1=O. The quantitative estimate of drug-likeness (QED) is 0.440. The topological polar surface area (TPSA) is 95.5 Å². The summed E-state index contributed by atoms with van der Waals surface area (Å²) in [5.41, 5.74) is 0.622. The van der Waals surface area contributed by atoms with Crippen LogP contribution >= 0.6 is 0 Å². The van der Waals surface area contributed by atoms with Gasteiger partial charge in [-0.2, -0.15) is 0 Å². The molecule has 0 spiro atoms. The maximum atomic E-state index is 11.3. The van der Waals surface area contributed by atoms with Crippen LogP contribution in [0.25, 0.3) is 0 Å². The lowest BCUT2D eigenvalue weighted by molar-refractivity contribution is -0.135. The molecule has 6 heteroatoms. The van der Waals surface area contributed by atoms with E-state index in [0.717, 1.165) is 6.08 Å². The van der Waals surface area contributed by atoms with Gasteiger partial charge in [0, 0.05) is 19.0 Å². The zero-order valence-electron chi connectivity index (χ0n) is 8.95. The monoisotopic (exact) mass is 226 g/mol. The van der Waals surface area contributed by atoms with E-state index in [4.69, 9.17) is 5.11 Å². The van der Waals surface area contributed by atoms with Gasteiger partial charge >= 0.3 is 5.97 Å². The second-order valence-corrected chi connectivity index (χ2v) is 3.71. The molecule has 0 saturated carbocycles. The Hall–Kier alpha value is -1.69. The van der Waals surface area contributed by atoms with Gasteiger partial charge in [-0.1, -0.05) is 5.57 Å². The number of imide groups is 1. The Morgan fingerprint density at radius 3 is 2.88 bits per heavy atom.